The number of benzene rings is 4. The van der Waals surface area contributed by atoms with E-state index in [2.05, 4.69) is 24.9 Å². The topological polar surface area (TPSA) is 81.5 Å². The lowest BCUT2D eigenvalue weighted by molar-refractivity contribution is 0.350. The van der Waals surface area contributed by atoms with Gasteiger partial charge in [-0.2, -0.15) is 8.78 Å². The summed E-state index contributed by atoms with van der Waals surface area (Å²) in [6, 6.07) is 4.11. The zero-order valence-electron chi connectivity index (χ0n) is 23.5. The van der Waals surface area contributed by atoms with E-state index in [0.717, 1.165) is 16.6 Å². The Kier molecular flexibility index (Phi) is 6.50. The van der Waals surface area contributed by atoms with Gasteiger partial charge in [-0.05, 0) is 36.4 Å². The first kappa shape index (κ1) is 30.3. The highest BCUT2D eigenvalue weighted by Crippen LogP contribution is 2.38. The lowest BCUT2D eigenvalue weighted by Crippen LogP contribution is -2.18. The van der Waals surface area contributed by atoms with Crippen molar-refractivity contribution < 1.29 is 52.9 Å². The van der Waals surface area contributed by atoms with Crippen LogP contribution in [0.3, 0.4) is 0 Å². The minimum atomic E-state index is -2.47. The van der Waals surface area contributed by atoms with Crippen LogP contribution in [-0.2, 0) is 0 Å². The van der Waals surface area contributed by atoms with Crippen LogP contribution in [0.5, 0.6) is 5.75 Å². The summed E-state index contributed by atoms with van der Waals surface area (Å²) >= 11 is 0. The summed E-state index contributed by atoms with van der Waals surface area (Å²) in [4.78, 5) is 19.9. The standard InChI is InChI=1S/C30H8BF11N6O/c32-13-1-7-9(3-15(13)34)27-44-25(7)43-26-8-2-14(33)16(35)4-10(8)28(45-26)47-30-12-6-18(37)17(36)5-11(12)29(46-27)48(30)31-49-24-22(41)20(39)19(38)21(40)23(24)42/h1-6,31H,(H,43,44,45,46,47). The van der Waals surface area contributed by atoms with Gasteiger partial charge in [0.2, 0.25) is 29.1 Å². The third kappa shape index (κ3) is 4.44. The summed E-state index contributed by atoms with van der Waals surface area (Å²) in [5, 5.41) is -0.877. The molecule has 7 aromatic rings. The van der Waals surface area contributed by atoms with Gasteiger partial charge in [0.25, 0.3) is 0 Å². The zero-order chi connectivity index (χ0) is 34.6. The van der Waals surface area contributed by atoms with Gasteiger partial charge in [-0.25, -0.2) is 59.4 Å². The van der Waals surface area contributed by atoms with Crippen LogP contribution in [0.2, 0.25) is 0 Å². The van der Waals surface area contributed by atoms with Crippen LogP contribution in [-0.4, -0.2) is 37.0 Å². The molecule has 6 bridgehead atoms. The molecule has 0 saturated heterocycles. The number of hydrogen-bond donors (Lipinski definition) is 1. The van der Waals surface area contributed by atoms with Gasteiger partial charge in [-0.3, -0.25) is 0 Å². The van der Waals surface area contributed by atoms with Crippen LogP contribution in [0.4, 0.5) is 48.3 Å². The van der Waals surface area contributed by atoms with E-state index in [1.165, 1.54) is 0 Å². The number of nitrogens with zero attached hydrogens (tertiary/aromatic N) is 5. The quantitative estimate of drug-likeness (QED) is 0.0901. The monoisotopic (exact) mass is 688 g/mol. The van der Waals surface area contributed by atoms with E-state index in [9.17, 15) is 48.3 Å². The lowest BCUT2D eigenvalue weighted by atomic mass is 10.1. The maximum Gasteiger partial charge on any atom is 0.471 e. The fraction of sp³-hybridized carbons (Fsp3) is 0. The second-order valence-electron chi connectivity index (χ2n) is 10.6. The summed E-state index contributed by atoms with van der Waals surface area (Å²) in [7, 11) is -1.22. The Hall–Kier alpha value is -6.01. The molecule has 244 valence electrons. The fourth-order valence-corrected chi connectivity index (χ4v) is 5.49. The van der Waals surface area contributed by atoms with E-state index in [4.69, 9.17) is 4.65 Å². The molecule has 4 heterocycles. The molecule has 3 aromatic heterocycles. The predicted molar refractivity (Wildman–Crippen MR) is 151 cm³/mol. The maximum atomic E-state index is 14.7. The van der Waals surface area contributed by atoms with Crippen molar-refractivity contribution in [1.82, 2.24) is 29.4 Å². The number of rotatable bonds is 3. The van der Waals surface area contributed by atoms with Crippen molar-refractivity contribution in [2.75, 3.05) is 0 Å². The number of aromatic nitrogens is 6. The second kappa shape index (κ2) is 10.5. The summed E-state index contributed by atoms with van der Waals surface area (Å²) in [5.74, 6) is -22.6. The number of aromatic amines is 1. The van der Waals surface area contributed by atoms with E-state index in [1.807, 2.05) is 0 Å². The predicted octanol–water partition coefficient (Wildman–Crippen LogP) is 7.50. The van der Waals surface area contributed by atoms with Crippen LogP contribution >= 0.6 is 0 Å². The number of fused-ring (bicyclic) bond motifs is 15. The molecule has 8 rings (SSSR count). The van der Waals surface area contributed by atoms with Gasteiger partial charge in [-0.1, -0.05) is 0 Å². The Balaban J connectivity index is 1.56. The number of halogens is 11. The van der Waals surface area contributed by atoms with Crippen molar-refractivity contribution in [2.24, 2.45) is 0 Å². The first-order valence-electron chi connectivity index (χ1n) is 13.6. The highest BCUT2D eigenvalue weighted by molar-refractivity contribution is 6.33. The molecule has 1 aliphatic rings. The molecule has 0 amide bonds. The van der Waals surface area contributed by atoms with Crippen molar-refractivity contribution in [1.29, 1.82) is 0 Å². The molecule has 0 fully saturated rings. The molecule has 19 heteroatoms. The first-order chi connectivity index (χ1) is 23.3. The van der Waals surface area contributed by atoms with Gasteiger partial charge in [0.1, 0.15) is 22.6 Å². The molecule has 0 aliphatic carbocycles. The molecule has 1 aliphatic heterocycles. The minimum Gasteiger partial charge on any atom is -0.539 e. The van der Waals surface area contributed by atoms with Crippen LogP contribution in [0.25, 0.3) is 66.9 Å². The third-order valence-corrected chi connectivity index (χ3v) is 7.77. The van der Waals surface area contributed by atoms with Crippen LogP contribution in [0.1, 0.15) is 0 Å². The molecule has 7 nitrogen and oxygen atoms in total. The molecule has 49 heavy (non-hydrogen) atoms. The largest absolute Gasteiger partial charge is 0.539 e. The molecule has 4 aromatic carbocycles. The molecular weight excluding hydrogens is 680 g/mol. The van der Waals surface area contributed by atoms with Crippen LogP contribution in [0, 0.1) is 64.0 Å². The van der Waals surface area contributed by atoms with Gasteiger partial charge in [0.05, 0.1) is 0 Å². The maximum absolute atomic E-state index is 14.7. The molecule has 1 N–H and O–H groups in total. The molecule has 0 atom stereocenters. The van der Waals surface area contributed by atoms with Gasteiger partial charge in [0.15, 0.2) is 52.3 Å². The second-order valence-corrected chi connectivity index (χ2v) is 10.6. The molecule has 0 unspecified atom stereocenters. The van der Waals surface area contributed by atoms with Crippen LogP contribution < -0.4 is 4.65 Å². The number of H-pyrrole nitrogens is 1. The van der Waals surface area contributed by atoms with Crippen molar-refractivity contribution in [3.63, 3.8) is 0 Å². The Morgan fingerprint density at radius 1 is 0.469 bits per heavy atom. The van der Waals surface area contributed by atoms with E-state index < -0.39 is 94.5 Å². The Bertz CT molecular complexity index is 2690. The summed E-state index contributed by atoms with van der Waals surface area (Å²) < 4.78 is 164. The van der Waals surface area contributed by atoms with Crippen LogP contribution in [0.15, 0.2) is 36.4 Å². The number of nitrogens with one attached hydrogen (secondary N) is 1. The Labute approximate surface area is 263 Å². The normalized spacial score (nSPS) is 12.0. The average Bonchev–Trinajstić information content (AvgIpc) is 3.65. The molecule has 0 radical (unpaired) electrons. The molecular formula is C30H8BF11N6O. The zero-order valence-corrected chi connectivity index (χ0v) is 23.5. The SMILES string of the molecule is Fc1cc2c(cc1F)-c1nc-2nc2[nH]c(nc3c4cc(F)c(F)cc4c(n1)n3BOc1c(F)c(F)c(F)c(F)c1F)c1cc(F)c(F)cc21. The Morgan fingerprint density at radius 3 is 1.41 bits per heavy atom. The molecule has 0 saturated carbocycles. The smallest absolute Gasteiger partial charge is 0.471 e. The van der Waals surface area contributed by atoms with E-state index in [-0.39, 0.29) is 49.8 Å². The fourth-order valence-electron chi connectivity index (χ4n) is 5.49. The average molecular weight is 688 g/mol. The lowest BCUT2D eigenvalue weighted by Gasteiger charge is -2.11. The van der Waals surface area contributed by atoms with Crippen molar-refractivity contribution in [3.05, 3.63) is 100 Å². The van der Waals surface area contributed by atoms with E-state index in [1.54, 1.807) is 0 Å². The summed E-state index contributed by atoms with van der Waals surface area (Å²) in [5.41, 5.74) is -1.90. The van der Waals surface area contributed by atoms with E-state index in [0.29, 0.717) is 24.3 Å². The van der Waals surface area contributed by atoms with Crippen molar-refractivity contribution in [3.8, 4) is 28.5 Å². The summed E-state index contributed by atoms with van der Waals surface area (Å²) in [6.45, 7) is 0. The van der Waals surface area contributed by atoms with Gasteiger partial charge < -0.3 is 14.1 Å². The summed E-state index contributed by atoms with van der Waals surface area (Å²) in [6.07, 6.45) is 0. The third-order valence-electron chi connectivity index (χ3n) is 7.77. The highest BCUT2D eigenvalue weighted by Gasteiger charge is 2.29. The Morgan fingerprint density at radius 2 is 0.878 bits per heavy atom. The van der Waals surface area contributed by atoms with Crippen molar-refractivity contribution >= 4 is 51.8 Å². The van der Waals surface area contributed by atoms with Crippen molar-refractivity contribution in [2.45, 2.75) is 0 Å². The number of hydrogen-bond acceptors (Lipinski definition) is 5. The van der Waals surface area contributed by atoms with Gasteiger partial charge in [0, 0.05) is 32.7 Å². The minimum absolute atomic E-state index is 0.119. The van der Waals surface area contributed by atoms with Gasteiger partial charge >= 0.3 is 7.62 Å². The first-order valence-corrected chi connectivity index (χ1v) is 13.6. The van der Waals surface area contributed by atoms with Gasteiger partial charge in [-0.15, -0.1) is 0 Å². The highest BCUT2D eigenvalue weighted by atomic mass is 19.2. The molecule has 0 spiro atoms. The van der Waals surface area contributed by atoms with E-state index >= 15 is 0 Å².